The van der Waals surface area contributed by atoms with Crippen LogP contribution in [-0.2, 0) is 19.1 Å². The van der Waals surface area contributed by atoms with Gasteiger partial charge >= 0.3 is 5.97 Å². The number of carbonyl (C=O) groups is 3. The van der Waals surface area contributed by atoms with Crippen LogP contribution in [0.4, 0.5) is 5.69 Å². The second kappa shape index (κ2) is 13.4. The molecule has 210 valence electrons. The third kappa shape index (κ3) is 8.14. The first kappa shape index (κ1) is 31.3. The average Bonchev–Trinajstić information content (AvgIpc) is 2.91. The van der Waals surface area contributed by atoms with Gasteiger partial charge in [0.25, 0.3) is 0 Å². The maximum absolute atomic E-state index is 14.0. The SMILES string of the molecule is COC(=O)CC(C)(C)C(=O)N(C(=S)Nc1cccc2cccnc12)C(NC(=O)/C=C/c1ccccc1)C(Cl)(Cl)Cl. The second-order valence-corrected chi connectivity index (χ2v) is 12.1. The summed E-state index contributed by atoms with van der Waals surface area (Å²) >= 11 is 24.6. The third-order valence-corrected chi connectivity index (χ3v) is 6.70. The number of nitrogens with zero attached hydrogens (tertiary/aromatic N) is 2. The van der Waals surface area contributed by atoms with Crippen LogP contribution in [0.5, 0.6) is 0 Å². The van der Waals surface area contributed by atoms with Gasteiger partial charge in [0.1, 0.15) is 0 Å². The largest absolute Gasteiger partial charge is 0.469 e. The standard InChI is InChI=1S/C28H27Cl3N4O4S/c1-27(2,17-22(37)39-3)25(38)35(26(40)33-20-13-7-11-19-12-8-16-32-23(19)20)24(28(29,30)31)34-21(36)15-14-18-9-5-4-6-10-18/h4-16,24H,17H2,1-3H3,(H,33,40)(H,34,36)/b15-14+. The van der Waals surface area contributed by atoms with Gasteiger partial charge in [0.2, 0.25) is 15.6 Å². The number of alkyl halides is 3. The summed E-state index contributed by atoms with van der Waals surface area (Å²) in [7, 11) is 1.21. The number of halogens is 3. The Balaban J connectivity index is 2.02. The molecule has 8 nitrogen and oxygen atoms in total. The van der Waals surface area contributed by atoms with E-state index in [-0.39, 0.29) is 11.5 Å². The average molecular weight is 622 g/mol. The van der Waals surface area contributed by atoms with Gasteiger partial charge in [-0.15, -0.1) is 0 Å². The summed E-state index contributed by atoms with van der Waals surface area (Å²) in [5.41, 5.74) is 0.448. The fraction of sp³-hybridized carbons (Fsp3) is 0.250. The van der Waals surface area contributed by atoms with Gasteiger partial charge in [-0.3, -0.25) is 24.3 Å². The highest BCUT2D eigenvalue weighted by atomic mass is 35.6. The van der Waals surface area contributed by atoms with Gasteiger partial charge in [-0.25, -0.2) is 0 Å². The van der Waals surface area contributed by atoms with E-state index in [4.69, 9.17) is 51.8 Å². The monoisotopic (exact) mass is 620 g/mol. The van der Waals surface area contributed by atoms with E-state index in [0.29, 0.717) is 11.2 Å². The minimum absolute atomic E-state index is 0.190. The van der Waals surface area contributed by atoms with Crippen LogP contribution in [0.15, 0.2) is 72.9 Å². The van der Waals surface area contributed by atoms with E-state index in [1.807, 2.05) is 30.3 Å². The molecule has 2 N–H and O–H groups in total. The molecule has 3 rings (SSSR count). The summed E-state index contributed by atoms with van der Waals surface area (Å²) in [6.07, 6.45) is 2.55. The number of hydrogen-bond acceptors (Lipinski definition) is 6. The van der Waals surface area contributed by atoms with Crippen LogP contribution >= 0.6 is 47.0 Å². The minimum Gasteiger partial charge on any atom is -0.469 e. The maximum atomic E-state index is 14.0. The van der Waals surface area contributed by atoms with Crippen molar-refractivity contribution in [3.8, 4) is 0 Å². The number of anilines is 1. The van der Waals surface area contributed by atoms with E-state index < -0.39 is 33.2 Å². The van der Waals surface area contributed by atoms with Crippen LogP contribution in [0.2, 0.25) is 0 Å². The number of carbonyl (C=O) groups excluding carboxylic acids is 3. The van der Waals surface area contributed by atoms with Crippen LogP contribution in [0.1, 0.15) is 25.8 Å². The van der Waals surface area contributed by atoms with Gasteiger partial charge in [0.05, 0.1) is 30.1 Å². The number of methoxy groups -OCH3 is 1. The van der Waals surface area contributed by atoms with Crippen molar-refractivity contribution >= 4 is 92.6 Å². The van der Waals surface area contributed by atoms with Crippen molar-refractivity contribution in [2.24, 2.45) is 5.41 Å². The number of para-hydroxylation sites is 1. The van der Waals surface area contributed by atoms with Crippen molar-refractivity contribution in [3.05, 3.63) is 78.5 Å². The van der Waals surface area contributed by atoms with Crippen LogP contribution in [-0.4, -0.2) is 49.8 Å². The molecule has 0 fully saturated rings. The second-order valence-electron chi connectivity index (χ2n) is 9.32. The molecule has 2 amide bonds. The molecule has 0 aliphatic carbocycles. The molecule has 12 heteroatoms. The van der Waals surface area contributed by atoms with Crippen LogP contribution in [0, 0.1) is 5.41 Å². The van der Waals surface area contributed by atoms with Crippen molar-refractivity contribution in [3.63, 3.8) is 0 Å². The molecule has 40 heavy (non-hydrogen) atoms. The van der Waals surface area contributed by atoms with E-state index in [1.54, 1.807) is 42.6 Å². The Morgan fingerprint density at radius 1 is 1.05 bits per heavy atom. The Hall–Kier alpha value is -3.24. The molecule has 0 bridgehead atoms. The number of ether oxygens (including phenoxy) is 1. The van der Waals surface area contributed by atoms with Crippen LogP contribution in [0.3, 0.4) is 0 Å². The van der Waals surface area contributed by atoms with Gasteiger partial charge < -0.3 is 15.4 Å². The summed E-state index contributed by atoms with van der Waals surface area (Å²) in [6, 6.07) is 18.1. The number of fused-ring (bicyclic) bond motifs is 1. The number of amides is 2. The number of rotatable bonds is 8. The fourth-order valence-corrected chi connectivity index (χ4v) is 4.51. The quantitative estimate of drug-likeness (QED) is 0.107. The molecule has 0 spiro atoms. The zero-order valence-electron chi connectivity index (χ0n) is 21.9. The van der Waals surface area contributed by atoms with Crippen molar-refractivity contribution < 1.29 is 19.1 Å². The zero-order chi connectivity index (χ0) is 29.5. The molecule has 0 saturated carbocycles. The van der Waals surface area contributed by atoms with Gasteiger partial charge in [-0.1, -0.05) is 97.2 Å². The van der Waals surface area contributed by atoms with E-state index >= 15 is 0 Å². The first-order valence-corrected chi connectivity index (χ1v) is 13.5. The summed E-state index contributed by atoms with van der Waals surface area (Å²) in [4.78, 5) is 44.4. The molecule has 1 heterocycles. The molecule has 1 unspecified atom stereocenters. The Kier molecular flexibility index (Phi) is 10.5. The lowest BCUT2D eigenvalue weighted by Gasteiger charge is -2.40. The van der Waals surface area contributed by atoms with Crippen molar-refractivity contribution in [2.45, 2.75) is 30.2 Å². The summed E-state index contributed by atoms with van der Waals surface area (Å²) in [5.74, 6) is -1.98. The highest BCUT2D eigenvalue weighted by molar-refractivity contribution is 7.80. The predicted molar refractivity (Wildman–Crippen MR) is 163 cm³/mol. The molecule has 0 saturated heterocycles. The summed E-state index contributed by atoms with van der Waals surface area (Å²) in [5, 5.41) is 6.20. The van der Waals surface area contributed by atoms with Gasteiger partial charge in [0, 0.05) is 17.7 Å². The normalized spacial score (nSPS) is 12.6. The van der Waals surface area contributed by atoms with Crippen LogP contribution < -0.4 is 10.6 Å². The zero-order valence-corrected chi connectivity index (χ0v) is 24.9. The van der Waals surface area contributed by atoms with Crippen molar-refractivity contribution in [1.82, 2.24) is 15.2 Å². The lowest BCUT2D eigenvalue weighted by Crippen LogP contribution is -2.62. The number of hydrogen-bond donors (Lipinski definition) is 2. The Bertz CT molecular complexity index is 1420. The fourth-order valence-electron chi connectivity index (χ4n) is 3.75. The van der Waals surface area contributed by atoms with Gasteiger partial charge in [-0.05, 0) is 36.0 Å². The first-order chi connectivity index (χ1) is 18.8. The lowest BCUT2D eigenvalue weighted by atomic mass is 9.87. The highest BCUT2D eigenvalue weighted by Crippen LogP contribution is 2.36. The Morgan fingerprint density at radius 2 is 1.73 bits per heavy atom. The molecule has 0 aliphatic heterocycles. The molecule has 2 aromatic carbocycles. The molecule has 3 aromatic rings. The summed E-state index contributed by atoms with van der Waals surface area (Å²) < 4.78 is 2.52. The predicted octanol–water partition coefficient (Wildman–Crippen LogP) is 5.88. The number of aromatic nitrogens is 1. The molecular formula is C28H27Cl3N4O4S. The van der Waals surface area contributed by atoms with E-state index in [0.717, 1.165) is 15.8 Å². The van der Waals surface area contributed by atoms with Gasteiger partial charge in [-0.2, -0.15) is 0 Å². The molecule has 1 aromatic heterocycles. The van der Waals surface area contributed by atoms with E-state index in [1.165, 1.54) is 27.0 Å². The van der Waals surface area contributed by atoms with Crippen LogP contribution in [0.25, 0.3) is 17.0 Å². The van der Waals surface area contributed by atoms with Crippen molar-refractivity contribution in [1.29, 1.82) is 0 Å². The number of pyridine rings is 1. The summed E-state index contributed by atoms with van der Waals surface area (Å²) in [6.45, 7) is 3.04. The Labute approximate surface area is 252 Å². The number of nitrogens with one attached hydrogen (secondary N) is 2. The van der Waals surface area contributed by atoms with E-state index in [9.17, 15) is 14.4 Å². The topological polar surface area (TPSA) is 101 Å². The number of esters is 1. The number of thiocarbonyl (C=S) groups is 1. The maximum Gasteiger partial charge on any atom is 0.306 e. The minimum atomic E-state index is -2.24. The molecule has 0 radical (unpaired) electrons. The van der Waals surface area contributed by atoms with E-state index in [2.05, 4.69) is 15.6 Å². The lowest BCUT2D eigenvalue weighted by molar-refractivity contribution is -0.150. The van der Waals surface area contributed by atoms with Gasteiger partial charge in [0.15, 0.2) is 11.3 Å². The van der Waals surface area contributed by atoms with Crippen molar-refractivity contribution in [2.75, 3.05) is 12.4 Å². The third-order valence-electron chi connectivity index (χ3n) is 5.78. The Morgan fingerprint density at radius 3 is 2.38 bits per heavy atom. The highest BCUT2D eigenvalue weighted by Gasteiger charge is 2.47. The smallest absolute Gasteiger partial charge is 0.306 e. The first-order valence-electron chi connectivity index (χ1n) is 12.0. The molecular weight excluding hydrogens is 595 g/mol. The number of benzene rings is 2. The molecule has 1 atom stereocenters. The molecule has 0 aliphatic rings.